The molecule has 0 spiro atoms. The van der Waals surface area contributed by atoms with Gasteiger partial charge < -0.3 is 10.6 Å². The third kappa shape index (κ3) is 4.43. The number of carbonyl (C=O) groups excluding carboxylic acids is 1. The van der Waals surface area contributed by atoms with Crippen LogP contribution in [0.5, 0.6) is 0 Å². The van der Waals surface area contributed by atoms with Crippen molar-refractivity contribution in [2.75, 3.05) is 0 Å². The Hall–Kier alpha value is -3.67. The molecular formula is C23H23N5O. The van der Waals surface area contributed by atoms with Gasteiger partial charge >= 0.3 is 6.03 Å². The van der Waals surface area contributed by atoms with Gasteiger partial charge in [0.05, 0.1) is 12.1 Å². The molecule has 0 aliphatic rings. The molecule has 0 saturated heterocycles. The zero-order valence-electron chi connectivity index (χ0n) is 16.2. The highest BCUT2D eigenvalue weighted by Crippen LogP contribution is 2.19. The van der Waals surface area contributed by atoms with Crippen molar-refractivity contribution in [1.29, 1.82) is 0 Å². The quantitative estimate of drug-likeness (QED) is 0.525. The molecule has 6 nitrogen and oxygen atoms in total. The summed E-state index contributed by atoms with van der Waals surface area (Å²) in [5, 5.41) is 14.5. The number of aromatic nitrogens is 3. The van der Waals surface area contributed by atoms with Gasteiger partial charge in [0.25, 0.3) is 0 Å². The summed E-state index contributed by atoms with van der Waals surface area (Å²) in [5.74, 6) is 0.690. The number of amides is 2. The Labute approximate surface area is 169 Å². The SMILES string of the molecule is C[C@H](NC(=O)N[C@H](Cc1ccccc1)c1ccccc1)c1nnc2ccccn12. The van der Waals surface area contributed by atoms with Gasteiger partial charge in [-0.05, 0) is 36.6 Å². The Morgan fingerprint density at radius 2 is 1.59 bits per heavy atom. The van der Waals surface area contributed by atoms with Crippen LogP contribution >= 0.6 is 0 Å². The predicted octanol–water partition coefficient (Wildman–Crippen LogP) is 4.07. The van der Waals surface area contributed by atoms with E-state index < -0.39 is 0 Å². The van der Waals surface area contributed by atoms with E-state index in [4.69, 9.17) is 0 Å². The van der Waals surface area contributed by atoms with E-state index >= 15 is 0 Å². The van der Waals surface area contributed by atoms with Crippen molar-refractivity contribution in [2.45, 2.75) is 25.4 Å². The molecule has 146 valence electrons. The molecule has 0 unspecified atom stereocenters. The Balaban J connectivity index is 1.49. The van der Waals surface area contributed by atoms with Crippen molar-refractivity contribution >= 4 is 11.7 Å². The van der Waals surface area contributed by atoms with Crippen LogP contribution in [0.25, 0.3) is 5.65 Å². The van der Waals surface area contributed by atoms with Gasteiger partial charge in [0, 0.05) is 6.20 Å². The highest BCUT2D eigenvalue weighted by molar-refractivity contribution is 5.75. The maximum absolute atomic E-state index is 12.8. The van der Waals surface area contributed by atoms with Crippen molar-refractivity contribution in [3.8, 4) is 0 Å². The number of pyridine rings is 1. The summed E-state index contributed by atoms with van der Waals surface area (Å²) < 4.78 is 1.88. The molecule has 4 aromatic rings. The second-order valence-corrected chi connectivity index (χ2v) is 6.98. The smallest absolute Gasteiger partial charge is 0.315 e. The van der Waals surface area contributed by atoms with Crippen molar-refractivity contribution in [1.82, 2.24) is 25.2 Å². The predicted molar refractivity (Wildman–Crippen MR) is 112 cm³/mol. The highest BCUT2D eigenvalue weighted by Gasteiger charge is 2.19. The van der Waals surface area contributed by atoms with Gasteiger partial charge in [-0.25, -0.2) is 4.79 Å². The van der Waals surface area contributed by atoms with Crippen LogP contribution in [-0.2, 0) is 6.42 Å². The van der Waals surface area contributed by atoms with Gasteiger partial charge in [-0.2, -0.15) is 0 Å². The molecule has 4 rings (SSSR count). The number of urea groups is 1. The second-order valence-electron chi connectivity index (χ2n) is 6.98. The van der Waals surface area contributed by atoms with Crippen LogP contribution in [0.2, 0.25) is 0 Å². The Morgan fingerprint density at radius 3 is 2.34 bits per heavy atom. The molecular weight excluding hydrogens is 362 g/mol. The fourth-order valence-corrected chi connectivity index (χ4v) is 3.40. The summed E-state index contributed by atoms with van der Waals surface area (Å²) in [5.41, 5.74) is 2.98. The van der Waals surface area contributed by atoms with Crippen LogP contribution in [-0.4, -0.2) is 20.6 Å². The average Bonchev–Trinajstić information content (AvgIpc) is 3.19. The lowest BCUT2D eigenvalue weighted by molar-refractivity contribution is 0.233. The molecule has 0 aliphatic carbocycles. The highest BCUT2D eigenvalue weighted by atomic mass is 16.2. The summed E-state index contributed by atoms with van der Waals surface area (Å²) >= 11 is 0. The number of fused-ring (bicyclic) bond motifs is 1. The molecule has 2 atom stereocenters. The molecule has 2 amide bonds. The minimum atomic E-state index is -0.291. The first-order chi connectivity index (χ1) is 14.2. The summed E-state index contributed by atoms with van der Waals surface area (Å²) in [6, 6.07) is 25.2. The van der Waals surface area contributed by atoms with Gasteiger partial charge in [-0.15, -0.1) is 10.2 Å². The molecule has 0 fully saturated rings. The van der Waals surface area contributed by atoms with E-state index in [0.717, 1.165) is 16.8 Å². The van der Waals surface area contributed by atoms with Crippen molar-refractivity contribution in [2.24, 2.45) is 0 Å². The van der Waals surface area contributed by atoms with Crippen LogP contribution in [0, 0.1) is 0 Å². The number of benzene rings is 2. The molecule has 2 N–H and O–H groups in total. The zero-order valence-corrected chi connectivity index (χ0v) is 16.2. The lowest BCUT2D eigenvalue weighted by Crippen LogP contribution is -2.40. The molecule has 6 heteroatoms. The summed E-state index contributed by atoms with van der Waals surface area (Å²) in [4.78, 5) is 12.8. The summed E-state index contributed by atoms with van der Waals surface area (Å²) in [6.07, 6.45) is 2.60. The van der Waals surface area contributed by atoms with Crippen LogP contribution in [0.1, 0.15) is 36.0 Å². The van der Waals surface area contributed by atoms with Crippen molar-refractivity contribution < 1.29 is 4.79 Å². The zero-order chi connectivity index (χ0) is 20.1. The van der Waals surface area contributed by atoms with E-state index in [1.807, 2.05) is 84.3 Å². The van der Waals surface area contributed by atoms with E-state index in [9.17, 15) is 4.79 Å². The van der Waals surface area contributed by atoms with Gasteiger partial charge in [0.1, 0.15) is 0 Å². The lowest BCUT2D eigenvalue weighted by Gasteiger charge is -2.21. The normalized spacial score (nSPS) is 13.0. The van der Waals surface area contributed by atoms with E-state index in [1.165, 1.54) is 0 Å². The third-order valence-corrected chi connectivity index (χ3v) is 4.86. The molecule has 0 aliphatic heterocycles. The molecule has 2 heterocycles. The molecule has 0 saturated carbocycles. The van der Waals surface area contributed by atoms with Crippen LogP contribution in [0.3, 0.4) is 0 Å². The van der Waals surface area contributed by atoms with Gasteiger partial charge in [0.2, 0.25) is 0 Å². The number of rotatable bonds is 6. The molecule has 2 aromatic heterocycles. The monoisotopic (exact) mass is 385 g/mol. The Morgan fingerprint density at radius 1 is 0.897 bits per heavy atom. The van der Waals surface area contributed by atoms with Crippen LogP contribution in [0.4, 0.5) is 4.79 Å². The topological polar surface area (TPSA) is 71.3 Å². The first-order valence-corrected chi connectivity index (χ1v) is 9.66. The number of hydrogen-bond acceptors (Lipinski definition) is 3. The summed E-state index contributed by atoms with van der Waals surface area (Å²) in [7, 11) is 0. The Bertz CT molecular complexity index is 1080. The largest absolute Gasteiger partial charge is 0.331 e. The third-order valence-electron chi connectivity index (χ3n) is 4.86. The molecule has 2 aromatic carbocycles. The maximum atomic E-state index is 12.8. The fourth-order valence-electron chi connectivity index (χ4n) is 3.40. The standard InChI is InChI=1S/C23H23N5O/c1-17(22-27-26-21-14-8-9-15-28(21)22)24-23(29)25-20(19-12-6-3-7-13-19)16-18-10-4-2-5-11-18/h2-15,17,20H,16H2,1H3,(H2,24,25,29)/t17-,20+/m0/s1. The van der Waals surface area contributed by atoms with Crippen molar-refractivity contribution in [3.63, 3.8) is 0 Å². The number of hydrogen-bond donors (Lipinski definition) is 2. The average molecular weight is 385 g/mol. The first-order valence-electron chi connectivity index (χ1n) is 9.66. The summed E-state index contributed by atoms with van der Waals surface area (Å²) in [6.45, 7) is 1.90. The van der Waals surface area contributed by atoms with Gasteiger partial charge in [-0.1, -0.05) is 66.7 Å². The first kappa shape index (κ1) is 18.7. The second kappa shape index (κ2) is 8.56. The maximum Gasteiger partial charge on any atom is 0.315 e. The van der Waals surface area contributed by atoms with E-state index in [-0.39, 0.29) is 18.1 Å². The van der Waals surface area contributed by atoms with E-state index in [1.54, 1.807) is 0 Å². The van der Waals surface area contributed by atoms with E-state index in [0.29, 0.717) is 12.2 Å². The molecule has 0 bridgehead atoms. The minimum absolute atomic E-state index is 0.138. The number of carbonyl (C=O) groups is 1. The lowest BCUT2D eigenvalue weighted by atomic mass is 9.99. The van der Waals surface area contributed by atoms with Crippen molar-refractivity contribution in [3.05, 3.63) is 102 Å². The minimum Gasteiger partial charge on any atom is -0.331 e. The fraction of sp³-hybridized carbons (Fsp3) is 0.174. The van der Waals surface area contributed by atoms with Gasteiger partial charge in [0.15, 0.2) is 11.5 Å². The van der Waals surface area contributed by atoms with E-state index in [2.05, 4.69) is 33.0 Å². The molecule has 0 radical (unpaired) electrons. The van der Waals surface area contributed by atoms with Gasteiger partial charge in [-0.3, -0.25) is 4.40 Å². The molecule has 29 heavy (non-hydrogen) atoms. The number of nitrogens with one attached hydrogen (secondary N) is 2. The van der Waals surface area contributed by atoms with Crippen LogP contribution in [0.15, 0.2) is 85.1 Å². The number of nitrogens with zero attached hydrogens (tertiary/aromatic N) is 3. The Kier molecular flexibility index (Phi) is 5.52. The van der Waals surface area contributed by atoms with Crippen LogP contribution < -0.4 is 10.6 Å².